The lowest BCUT2D eigenvalue weighted by molar-refractivity contribution is 0.269. The summed E-state index contributed by atoms with van der Waals surface area (Å²) in [7, 11) is 1.88. The maximum absolute atomic E-state index is 9.09. The predicted octanol–water partition coefficient (Wildman–Crippen LogP) is 1.18. The van der Waals surface area contributed by atoms with Gasteiger partial charge in [-0.1, -0.05) is 5.21 Å². The van der Waals surface area contributed by atoms with Gasteiger partial charge in [0.2, 0.25) is 11.6 Å². The third kappa shape index (κ3) is 4.40. The Morgan fingerprint density at radius 2 is 1.83 bits per heavy atom. The van der Waals surface area contributed by atoms with E-state index >= 15 is 0 Å². The van der Waals surface area contributed by atoms with Crippen LogP contribution in [0.15, 0.2) is 43.4 Å². The zero-order chi connectivity index (χ0) is 24.5. The third-order valence-electron chi connectivity index (χ3n) is 6.39. The van der Waals surface area contributed by atoms with E-state index in [4.69, 9.17) is 10.1 Å². The Kier molecular flexibility index (Phi) is 5.81. The van der Waals surface area contributed by atoms with E-state index in [9.17, 15) is 0 Å². The minimum Gasteiger partial charge on any atom is -0.394 e. The predicted molar refractivity (Wildman–Crippen MR) is 131 cm³/mol. The summed E-state index contributed by atoms with van der Waals surface area (Å²) in [6.45, 7) is 2.94. The van der Waals surface area contributed by atoms with Gasteiger partial charge in [0.15, 0.2) is 5.65 Å². The molecule has 1 aliphatic rings. The van der Waals surface area contributed by atoms with Crippen molar-refractivity contribution >= 4 is 17.2 Å². The molecule has 0 spiro atoms. The van der Waals surface area contributed by atoms with E-state index < -0.39 is 0 Å². The molecule has 13 nitrogen and oxygen atoms in total. The second-order valence-electron chi connectivity index (χ2n) is 9.02. The molecule has 1 N–H and O–H groups in total. The van der Waals surface area contributed by atoms with Crippen molar-refractivity contribution in [3.63, 3.8) is 0 Å². The smallest absolute Gasteiger partial charge is 0.225 e. The summed E-state index contributed by atoms with van der Waals surface area (Å²) in [5, 5.41) is 26.1. The molecule has 5 aromatic heterocycles. The molecule has 1 fully saturated rings. The van der Waals surface area contributed by atoms with Crippen LogP contribution in [0.2, 0.25) is 0 Å². The highest BCUT2D eigenvalue weighted by molar-refractivity contribution is 5.69. The van der Waals surface area contributed by atoms with Gasteiger partial charge in [0.1, 0.15) is 0 Å². The van der Waals surface area contributed by atoms with E-state index in [0.717, 1.165) is 48.3 Å². The molecule has 1 atom stereocenters. The number of hydrogen-bond donors (Lipinski definition) is 1. The molecule has 0 bridgehead atoms. The topological polar surface area (TPSA) is 141 Å². The van der Waals surface area contributed by atoms with Crippen molar-refractivity contribution in [3.05, 3.63) is 43.4 Å². The van der Waals surface area contributed by atoms with Gasteiger partial charge in [-0.05, 0) is 18.8 Å². The summed E-state index contributed by atoms with van der Waals surface area (Å²) in [4.78, 5) is 20.7. The van der Waals surface area contributed by atoms with Crippen LogP contribution >= 0.6 is 0 Å². The molecule has 0 unspecified atom stereocenters. The monoisotopic (exact) mass is 486 g/mol. The Hall–Kier alpha value is -4.26. The van der Waals surface area contributed by atoms with Crippen molar-refractivity contribution in [2.24, 2.45) is 13.0 Å². The molecular weight excluding hydrogens is 460 g/mol. The first-order chi connectivity index (χ1) is 17.7. The fourth-order valence-corrected chi connectivity index (χ4v) is 4.58. The summed E-state index contributed by atoms with van der Waals surface area (Å²) in [6.07, 6.45) is 14.8. The third-order valence-corrected chi connectivity index (χ3v) is 6.39. The fourth-order valence-electron chi connectivity index (χ4n) is 4.58. The second kappa shape index (κ2) is 9.41. The van der Waals surface area contributed by atoms with Crippen LogP contribution in [0.4, 0.5) is 5.95 Å². The van der Waals surface area contributed by atoms with E-state index in [-0.39, 0.29) is 6.61 Å². The van der Waals surface area contributed by atoms with Gasteiger partial charge in [0.05, 0.1) is 37.4 Å². The molecule has 184 valence electrons. The molecule has 0 saturated carbocycles. The minimum absolute atomic E-state index is 0.0509. The molecule has 6 rings (SSSR count). The van der Waals surface area contributed by atoms with Crippen molar-refractivity contribution in [2.75, 3.05) is 24.6 Å². The maximum Gasteiger partial charge on any atom is 0.225 e. The number of aryl methyl sites for hydroxylation is 1. The summed E-state index contributed by atoms with van der Waals surface area (Å²) in [5.41, 5.74) is 4.70. The number of rotatable bonds is 7. The SMILES string of the molecule is Cn1cc(-c2cnc3nnn(C[C@@H]4CCCN(c5ncc(-c6cnn(CCO)c6)cn5)C4)c3n2)cn1. The van der Waals surface area contributed by atoms with Crippen LogP contribution in [0.3, 0.4) is 0 Å². The van der Waals surface area contributed by atoms with Crippen LogP contribution < -0.4 is 4.90 Å². The first kappa shape index (κ1) is 22.2. The number of aliphatic hydroxyl groups excluding tert-OH is 1. The average Bonchev–Trinajstić information content (AvgIpc) is 3.65. The Morgan fingerprint density at radius 1 is 0.972 bits per heavy atom. The van der Waals surface area contributed by atoms with Crippen molar-refractivity contribution < 1.29 is 5.11 Å². The quantitative estimate of drug-likeness (QED) is 0.356. The van der Waals surface area contributed by atoms with Gasteiger partial charge in [-0.3, -0.25) is 9.36 Å². The first-order valence-electron chi connectivity index (χ1n) is 11.9. The normalized spacial score (nSPS) is 16.2. The zero-order valence-corrected chi connectivity index (χ0v) is 19.9. The van der Waals surface area contributed by atoms with Gasteiger partial charge >= 0.3 is 0 Å². The van der Waals surface area contributed by atoms with Crippen molar-refractivity contribution in [1.29, 1.82) is 0 Å². The number of aliphatic hydroxyl groups is 1. The molecule has 6 heterocycles. The number of fused-ring (bicyclic) bond motifs is 1. The lowest BCUT2D eigenvalue weighted by Gasteiger charge is -2.32. The largest absolute Gasteiger partial charge is 0.394 e. The molecule has 36 heavy (non-hydrogen) atoms. The van der Waals surface area contributed by atoms with Crippen LogP contribution in [0, 0.1) is 5.92 Å². The maximum atomic E-state index is 9.09. The lowest BCUT2D eigenvalue weighted by Crippen LogP contribution is -2.38. The van der Waals surface area contributed by atoms with Crippen LogP contribution in [0.5, 0.6) is 0 Å². The van der Waals surface area contributed by atoms with E-state index in [1.807, 2.05) is 36.5 Å². The van der Waals surface area contributed by atoms with Gasteiger partial charge in [-0.15, -0.1) is 5.10 Å². The highest BCUT2D eigenvalue weighted by Gasteiger charge is 2.24. The summed E-state index contributed by atoms with van der Waals surface area (Å²) >= 11 is 0. The lowest BCUT2D eigenvalue weighted by atomic mass is 9.98. The molecule has 0 radical (unpaired) electrons. The number of anilines is 1. The Balaban J connectivity index is 1.16. The van der Waals surface area contributed by atoms with Gasteiger partial charge in [0, 0.05) is 68.2 Å². The standard InChI is InChI=1S/C23H26N12O/c1-32-14-19(10-27-32)20-11-24-21-22(29-20)35(31-30-21)13-16-3-2-4-33(12-16)23-25-7-17(8-26-23)18-9-28-34(15-18)5-6-36/h7-11,14-16,36H,2-6,12-13H2,1H3/t16-/m1/s1. The molecule has 0 aromatic carbocycles. The van der Waals surface area contributed by atoms with E-state index in [2.05, 4.69) is 40.4 Å². The molecule has 1 aliphatic heterocycles. The van der Waals surface area contributed by atoms with Crippen molar-refractivity contribution in [3.8, 4) is 22.4 Å². The molecular formula is C23H26N12O. The summed E-state index contributed by atoms with van der Waals surface area (Å²) < 4.78 is 5.30. The highest BCUT2D eigenvalue weighted by Crippen LogP contribution is 2.25. The minimum atomic E-state index is 0.0509. The van der Waals surface area contributed by atoms with E-state index in [0.29, 0.717) is 36.3 Å². The summed E-state index contributed by atoms with van der Waals surface area (Å²) in [6, 6.07) is 0. The van der Waals surface area contributed by atoms with Gasteiger partial charge in [-0.25, -0.2) is 24.6 Å². The number of aromatic nitrogens is 11. The van der Waals surface area contributed by atoms with Crippen LogP contribution in [-0.2, 0) is 20.1 Å². The Bertz CT molecular complexity index is 1470. The van der Waals surface area contributed by atoms with Gasteiger partial charge < -0.3 is 10.0 Å². The number of hydrogen-bond acceptors (Lipinski definition) is 10. The fraction of sp³-hybridized carbons (Fsp3) is 0.391. The van der Waals surface area contributed by atoms with Crippen molar-refractivity contribution in [2.45, 2.75) is 25.9 Å². The highest BCUT2D eigenvalue weighted by atomic mass is 16.3. The van der Waals surface area contributed by atoms with Crippen molar-refractivity contribution in [1.82, 2.24) is 54.5 Å². The van der Waals surface area contributed by atoms with Crippen LogP contribution in [-0.4, -0.2) is 79.3 Å². The zero-order valence-electron chi connectivity index (χ0n) is 19.9. The average molecular weight is 487 g/mol. The molecule has 13 heteroatoms. The Morgan fingerprint density at radius 3 is 2.64 bits per heavy atom. The molecule has 1 saturated heterocycles. The molecule has 0 amide bonds. The first-order valence-corrected chi connectivity index (χ1v) is 11.9. The van der Waals surface area contributed by atoms with Gasteiger partial charge in [-0.2, -0.15) is 10.2 Å². The second-order valence-corrected chi connectivity index (χ2v) is 9.02. The van der Waals surface area contributed by atoms with E-state index in [1.54, 1.807) is 28.0 Å². The van der Waals surface area contributed by atoms with Crippen LogP contribution in [0.1, 0.15) is 12.8 Å². The van der Waals surface area contributed by atoms with Crippen LogP contribution in [0.25, 0.3) is 33.7 Å². The summed E-state index contributed by atoms with van der Waals surface area (Å²) in [5.74, 6) is 1.07. The Labute approximate surface area is 206 Å². The molecule has 5 aromatic rings. The number of nitrogens with zero attached hydrogens (tertiary/aromatic N) is 12. The van der Waals surface area contributed by atoms with E-state index in [1.165, 1.54) is 0 Å². The molecule has 0 aliphatic carbocycles. The van der Waals surface area contributed by atoms with Gasteiger partial charge in [0.25, 0.3) is 0 Å². The number of piperidine rings is 1.